The van der Waals surface area contributed by atoms with E-state index >= 15 is 0 Å². The minimum absolute atomic E-state index is 0.107. The number of benzene rings is 2. The first-order valence-electron chi connectivity index (χ1n) is 10.7. The molecule has 1 aliphatic rings. The van der Waals surface area contributed by atoms with Gasteiger partial charge in [-0.05, 0) is 61.4 Å². The molecular formula is C24H25N3O6S. The van der Waals surface area contributed by atoms with Crippen molar-refractivity contribution in [3.8, 4) is 5.75 Å². The van der Waals surface area contributed by atoms with Crippen LogP contribution in [-0.4, -0.2) is 60.7 Å². The van der Waals surface area contributed by atoms with Gasteiger partial charge in [0, 0.05) is 37.4 Å². The van der Waals surface area contributed by atoms with Gasteiger partial charge in [-0.1, -0.05) is 12.1 Å². The van der Waals surface area contributed by atoms with Crippen LogP contribution in [0.15, 0.2) is 64.1 Å². The van der Waals surface area contributed by atoms with E-state index in [1.807, 2.05) is 6.92 Å². The van der Waals surface area contributed by atoms with E-state index < -0.39 is 15.9 Å². The number of hydrogen-bond acceptors (Lipinski definition) is 6. The van der Waals surface area contributed by atoms with E-state index in [4.69, 9.17) is 4.42 Å². The third-order valence-corrected chi connectivity index (χ3v) is 7.66. The third kappa shape index (κ3) is 4.68. The van der Waals surface area contributed by atoms with E-state index in [1.165, 1.54) is 22.7 Å². The Hall–Kier alpha value is -3.63. The highest BCUT2D eigenvalue weighted by Crippen LogP contribution is 2.28. The van der Waals surface area contributed by atoms with Gasteiger partial charge in [-0.3, -0.25) is 9.59 Å². The van der Waals surface area contributed by atoms with Gasteiger partial charge in [-0.25, -0.2) is 8.42 Å². The number of anilines is 1. The van der Waals surface area contributed by atoms with Gasteiger partial charge in [-0.2, -0.15) is 4.31 Å². The Morgan fingerprint density at radius 2 is 1.74 bits per heavy atom. The minimum Gasteiger partial charge on any atom is -0.507 e. The molecule has 0 saturated carbocycles. The van der Waals surface area contributed by atoms with Crippen LogP contribution < -0.4 is 5.32 Å². The van der Waals surface area contributed by atoms with E-state index in [-0.39, 0.29) is 48.5 Å². The molecule has 2 N–H and O–H groups in total. The van der Waals surface area contributed by atoms with Crippen molar-refractivity contribution >= 4 is 27.5 Å². The minimum atomic E-state index is -3.89. The summed E-state index contributed by atoms with van der Waals surface area (Å²) in [6.45, 7) is 4.18. The predicted octanol–water partition coefficient (Wildman–Crippen LogP) is 3.00. The van der Waals surface area contributed by atoms with Gasteiger partial charge in [0.15, 0.2) is 5.76 Å². The molecule has 0 atom stereocenters. The Kier molecular flexibility index (Phi) is 6.45. The van der Waals surface area contributed by atoms with Gasteiger partial charge < -0.3 is 19.7 Å². The summed E-state index contributed by atoms with van der Waals surface area (Å²) in [5, 5.41) is 12.8. The van der Waals surface area contributed by atoms with Crippen molar-refractivity contribution < 1.29 is 27.5 Å². The monoisotopic (exact) mass is 483 g/mol. The summed E-state index contributed by atoms with van der Waals surface area (Å²) in [6, 6.07) is 12.6. The molecule has 10 heteroatoms. The summed E-state index contributed by atoms with van der Waals surface area (Å²) >= 11 is 0. The van der Waals surface area contributed by atoms with Crippen LogP contribution in [0.5, 0.6) is 5.75 Å². The topological polar surface area (TPSA) is 120 Å². The SMILES string of the molecule is Cc1ccc(O)c(S(=O)(=O)N2CCN(C(=O)c3ccc(C)c(NC(=O)c4ccco4)c3)CC2)c1. The number of aryl methyl sites for hydroxylation is 2. The molecule has 0 radical (unpaired) electrons. The first kappa shape index (κ1) is 23.5. The van der Waals surface area contributed by atoms with E-state index in [0.717, 1.165) is 11.1 Å². The number of carbonyl (C=O) groups excluding carboxylic acids is 2. The van der Waals surface area contributed by atoms with Crippen LogP contribution in [0.4, 0.5) is 5.69 Å². The maximum Gasteiger partial charge on any atom is 0.291 e. The molecule has 3 aromatic rings. The quantitative estimate of drug-likeness (QED) is 0.576. The average molecular weight is 484 g/mol. The Bertz CT molecular complexity index is 1330. The van der Waals surface area contributed by atoms with Crippen molar-refractivity contribution in [3.63, 3.8) is 0 Å². The summed E-state index contributed by atoms with van der Waals surface area (Å²) in [7, 11) is -3.89. The van der Waals surface area contributed by atoms with Crippen LogP contribution >= 0.6 is 0 Å². The fraction of sp³-hybridized carbons (Fsp3) is 0.250. The number of carbonyl (C=O) groups is 2. The maximum absolute atomic E-state index is 13.1. The van der Waals surface area contributed by atoms with Gasteiger partial charge in [0.1, 0.15) is 10.6 Å². The number of aromatic hydroxyl groups is 1. The highest BCUT2D eigenvalue weighted by Gasteiger charge is 2.32. The van der Waals surface area contributed by atoms with Crippen LogP contribution in [0, 0.1) is 13.8 Å². The van der Waals surface area contributed by atoms with Gasteiger partial charge in [0.05, 0.1) is 6.26 Å². The van der Waals surface area contributed by atoms with Gasteiger partial charge in [0.25, 0.3) is 11.8 Å². The number of rotatable bonds is 5. The molecule has 2 heterocycles. The number of nitrogens with zero attached hydrogens (tertiary/aromatic N) is 2. The molecule has 1 saturated heterocycles. The summed E-state index contributed by atoms with van der Waals surface area (Å²) in [5.74, 6) is -0.819. The standard InChI is InChI=1S/C24H25N3O6S/c1-16-5-8-20(28)22(14-16)34(31,32)27-11-9-26(10-12-27)24(30)18-7-6-17(2)19(15-18)25-23(29)21-4-3-13-33-21/h3-8,13-15,28H,9-12H2,1-2H3,(H,25,29). The molecule has 9 nitrogen and oxygen atoms in total. The Morgan fingerprint density at radius 3 is 2.41 bits per heavy atom. The van der Waals surface area contributed by atoms with Crippen molar-refractivity contribution in [1.82, 2.24) is 9.21 Å². The lowest BCUT2D eigenvalue weighted by Crippen LogP contribution is -2.50. The smallest absolute Gasteiger partial charge is 0.291 e. The fourth-order valence-corrected chi connectivity index (χ4v) is 5.35. The molecule has 1 fully saturated rings. The lowest BCUT2D eigenvalue weighted by molar-refractivity contribution is 0.0697. The Morgan fingerprint density at radius 1 is 1.00 bits per heavy atom. The highest BCUT2D eigenvalue weighted by atomic mass is 32.2. The van der Waals surface area contributed by atoms with Gasteiger partial charge in [-0.15, -0.1) is 0 Å². The zero-order valence-corrected chi connectivity index (χ0v) is 19.6. The van der Waals surface area contributed by atoms with Crippen molar-refractivity contribution in [3.05, 3.63) is 77.2 Å². The molecule has 0 bridgehead atoms. The van der Waals surface area contributed by atoms with E-state index in [1.54, 1.807) is 48.2 Å². The van der Waals surface area contributed by atoms with Crippen molar-refractivity contribution in [2.75, 3.05) is 31.5 Å². The number of hydrogen-bond donors (Lipinski definition) is 2. The first-order chi connectivity index (χ1) is 16.2. The average Bonchev–Trinajstić information content (AvgIpc) is 3.37. The molecule has 1 aromatic heterocycles. The van der Waals surface area contributed by atoms with Crippen molar-refractivity contribution in [1.29, 1.82) is 0 Å². The number of amides is 2. The number of sulfonamides is 1. The van der Waals surface area contributed by atoms with Crippen LogP contribution in [0.2, 0.25) is 0 Å². The zero-order chi connectivity index (χ0) is 24.5. The number of phenols is 1. The lowest BCUT2D eigenvalue weighted by atomic mass is 10.1. The van der Waals surface area contributed by atoms with Crippen LogP contribution in [0.3, 0.4) is 0 Å². The summed E-state index contributed by atoms with van der Waals surface area (Å²) in [4.78, 5) is 26.8. The van der Waals surface area contributed by atoms with Gasteiger partial charge >= 0.3 is 0 Å². The van der Waals surface area contributed by atoms with Crippen LogP contribution in [0.25, 0.3) is 0 Å². The summed E-state index contributed by atoms with van der Waals surface area (Å²) < 4.78 is 32.4. The van der Waals surface area contributed by atoms with E-state index in [2.05, 4.69) is 5.32 Å². The van der Waals surface area contributed by atoms with Crippen molar-refractivity contribution in [2.45, 2.75) is 18.7 Å². The molecule has 0 unspecified atom stereocenters. The molecule has 2 aromatic carbocycles. The summed E-state index contributed by atoms with van der Waals surface area (Å²) in [6.07, 6.45) is 1.40. The van der Waals surface area contributed by atoms with Crippen LogP contribution in [-0.2, 0) is 10.0 Å². The molecule has 0 aliphatic carbocycles. The molecule has 34 heavy (non-hydrogen) atoms. The largest absolute Gasteiger partial charge is 0.507 e. The number of phenolic OH excluding ortho intramolecular Hbond substituents is 1. The van der Waals surface area contributed by atoms with Crippen molar-refractivity contribution in [2.24, 2.45) is 0 Å². The second kappa shape index (κ2) is 9.32. The second-order valence-electron chi connectivity index (χ2n) is 8.13. The van der Waals surface area contributed by atoms with Crippen LogP contribution in [0.1, 0.15) is 32.0 Å². The lowest BCUT2D eigenvalue weighted by Gasteiger charge is -2.34. The maximum atomic E-state index is 13.1. The Labute approximate surface area is 197 Å². The third-order valence-electron chi connectivity index (χ3n) is 5.74. The molecule has 1 aliphatic heterocycles. The zero-order valence-electron chi connectivity index (χ0n) is 18.8. The number of furan rings is 1. The highest BCUT2D eigenvalue weighted by molar-refractivity contribution is 7.89. The molecule has 178 valence electrons. The second-order valence-corrected chi connectivity index (χ2v) is 10.0. The first-order valence-corrected chi connectivity index (χ1v) is 12.2. The van der Waals surface area contributed by atoms with E-state index in [9.17, 15) is 23.1 Å². The molecule has 0 spiro atoms. The molecule has 2 amide bonds. The van der Waals surface area contributed by atoms with E-state index in [0.29, 0.717) is 11.3 Å². The number of piperazine rings is 1. The normalized spacial score (nSPS) is 14.7. The number of nitrogens with one attached hydrogen (secondary N) is 1. The predicted molar refractivity (Wildman–Crippen MR) is 125 cm³/mol. The molecular weight excluding hydrogens is 458 g/mol. The molecule has 4 rings (SSSR count). The fourth-order valence-electron chi connectivity index (χ4n) is 3.76. The van der Waals surface area contributed by atoms with Gasteiger partial charge in [0.2, 0.25) is 10.0 Å². The summed E-state index contributed by atoms with van der Waals surface area (Å²) in [5.41, 5.74) is 2.38. The Balaban J connectivity index is 1.45.